The van der Waals surface area contributed by atoms with Crippen LogP contribution < -0.4 is 10.6 Å². The van der Waals surface area contributed by atoms with Crippen molar-refractivity contribution in [1.29, 1.82) is 0 Å². The van der Waals surface area contributed by atoms with Crippen LogP contribution in [0.4, 0.5) is 5.69 Å². The van der Waals surface area contributed by atoms with Gasteiger partial charge >= 0.3 is 0 Å². The minimum Gasteiger partial charge on any atom is -0.325 e. The Bertz CT molecular complexity index is 369. The summed E-state index contributed by atoms with van der Waals surface area (Å²) in [5, 5.41) is 6.00. The van der Waals surface area contributed by atoms with E-state index in [-0.39, 0.29) is 5.91 Å². The Balaban J connectivity index is 2.40. The topological polar surface area (TPSA) is 41.1 Å². The lowest BCUT2D eigenvalue weighted by Crippen LogP contribution is -2.30. The standard InChI is InChI=1S/C15H24N2O/c1-11(2)9-16-10-15(18)17-14-7-5-13(6-8-14)12(3)4/h5-8,11-12,16H,9-10H2,1-4H3,(H,17,18). The molecule has 0 spiro atoms. The average Bonchev–Trinajstić information content (AvgIpc) is 2.29. The van der Waals surface area contributed by atoms with Gasteiger partial charge in [0.25, 0.3) is 0 Å². The number of amides is 1. The Labute approximate surface area is 110 Å². The van der Waals surface area contributed by atoms with E-state index in [1.807, 2.05) is 12.1 Å². The third kappa shape index (κ3) is 5.32. The van der Waals surface area contributed by atoms with Crippen LogP contribution in [0.25, 0.3) is 0 Å². The van der Waals surface area contributed by atoms with Gasteiger partial charge in [0.05, 0.1) is 6.54 Å². The molecule has 18 heavy (non-hydrogen) atoms. The van der Waals surface area contributed by atoms with E-state index in [1.54, 1.807) is 0 Å². The second-order valence-corrected chi connectivity index (χ2v) is 5.35. The van der Waals surface area contributed by atoms with E-state index in [0.29, 0.717) is 18.4 Å². The number of benzene rings is 1. The van der Waals surface area contributed by atoms with E-state index in [0.717, 1.165) is 12.2 Å². The Kier molecular flexibility index (Phi) is 5.86. The van der Waals surface area contributed by atoms with Crippen molar-refractivity contribution < 1.29 is 4.79 Å². The first kappa shape index (κ1) is 14.7. The first-order chi connectivity index (χ1) is 8.49. The Morgan fingerprint density at radius 1 is 1.11 bits per heavy atom. The molecule has 0 heterocycles. The van der Waals surface area contributed by atoms with E-state index in [2.05, 4.69) is 50.5 Å². The monoisotopic (exact) mass is 248 g/mol. The van der Waals surface area contributed by atoms with E-state index in [1.165, 1.54) is 5.56 Å². The average molecular weight is 248 g/mol. The molecule has 0 aliphatic heterocycles. The molecule has 1 rings (SSSR count). The first-order valence-corrected chi connectivity index (χ1v) is 6.59. The summed E-state index contributed by atoms with van der Waals surface area (Å²) in [6.07, 6.45) is 0. The minimum absolute atomic E-state index is 0.00736. The summed E-state index contributed by atoms with van der Waals surface area (Å²) in [5.74, 6) is 1.08. The predicted octanol–water partition coefficient (Wildman–Crippen LogP) is 2.99. The molecule has 0 radical (unpaired) electrons. The maximum atomic E-state index is 11.6. The van der Waals surface area contributed by atoms with Crippen LogP contribution in [0, 0.1) is 5.92 Å². The van der Waals surface area contributed by atoms with Crippen LogP contribution in [0.2, 0.25) is 0 Å². The molecular formula is C15H24N2O. The van der Waals surface area contributed by atoms with E-state index in [4.69, 9.17) is 0 Å². The smallest absolute Gasteiger partial charge is 0.238 e. The largest absolute Gasteiger partial charge is 0.325 e. The minimum atomic E-state index is 0.00736. The molecule has 0 fully saturated rings. The SMILES string of the molecule is CC(C)CNCC(=O)Nc1ccc(C(C)C)cc1. The quantitative estimate of drug-likeness (QED) is 0.812. The van der Waals surface area contributed by atoms with E-state index < -0.39 is 0 Å². The summed E-state index contributed by atoms with van der Waals surface area (Å²) < 4.78 is 0. The van der Waals surface area contributed by atoms with Crippen molar-refractivity contribution in [3.05, 3.63) is 29.8 Å². The summed E-state index contributed by atoms with van der Waals surface area (Å²) in [6, 6.07) is 8.02. The molecule has 3 heteroatoms. The number of anilines is 1. The lowest BCUT2D eigenvalue weighted by molar-refractivity contribution is -0.115. The van der Waals surface area contributed by atoms with Crippen LogP contribution in [0.5, 0.6) is 0 Å². The molecule has 0 aromatic heterocycles. The van der Waals surface area contributed by atoms with Gasteiger partial charge < -0.3 is 10.6 Å². The van der Waals surface area contributed by atoms with Gasteiger partial charge in [0.1, 0.15) is 0 Å². The Morgan fingerprint density at radius 2 is 1.72 bits per heavy atom. The lowest BCUT2D eigenvalue weighted by atomic mass is 10.0. The molecule has 0 bridgehead atoms. The van der Waals surface area contributed by atoms with E-state index >= 15 is 0 Å². The summed E-state index contributed by atoms with van der Waals surface area (Å²) in [7, 11) is 0. The zero-order valence-electron chi connectivity index (χ0n) is 11.8. The van der Waals surface area contributed by atoms with Gasteiger partial charge in [-0.05, 0) is 36.1 Å². The van der Waals surface area contributed by atoms with Crippen LogP contribution in [-0.4, -0.2) is 19.0 Å². The Morgan fingerprint density at radius 3 is 2.22 bits per heavy atom. The number of rotatable bonds is 6. The van der Waals surface area contributed by atoms with Crippen molar-refractivity contribution in [2.75, 3.05) is 18.4 Å². The fourth-order valence-corrected chi connectivity index (χ4v) is 1.63. The van der Waals surface area contributed by atoms with Crippen molar-refractivity contribution >= 4 is 11.6 Å². The van der Waals surface area contributed by atoms with Crippen molar-refractivity contribution in [3.63, 3.8) is 0 Å². The number of hydrogen-bond acceptors (Lipinski definition) is 2. The van der Waals surface area contributed by atoms with Crippen molar-refractivity contribution in [3.8, 4) is 0 Å². The van der Waals surface area contributed by atoms with Crippen LogP contribution in [0.3, 0.4) is 0 Å². The predicted molar refractivity (Wildman–Crippen MR) is 76.9 cm³/mol. The van der Waals surface area contributed by atoms with Crippen molar-refractivity contribution in [2.24, 2.45) is 5.92 Å². The van der Waals surface area contributed by atoms with Gasteiger partial charge in [-0.25, -0.2) is 0 Å². The molecule has 0 saturated carbocycles. The number of carbonyl (C=O) groups excluding carboxylic acids is 1. The molecule has 3 nitrogen and oxygen atoms in total. The fourth-order valence-electron chi connectivity index (χ4n) is 1.63. The third-order valence-corrected chi connectivity index (χ3v) is 2.70. The molecule has 0 saturated heterocycles. The van der Waals surface area contributed by atoms with Gasteiger partial charge in [0, 0.05) is 5.69 Å². The van der Waals surface area contributed by atoms with Gasteiger partial charge in [-0.2, -0.15) is 0 Å². The highest BCUT2D eigenvalue weighted by molar-refractivity contribution is 5.92. The normalized spacial score (nSPS) is 11.0. The maximum Gasteiger partial charge on any atom is 0.238 e. The van der Waals surface area contributed by atoms with Crippen LogP contribution in [-0.2, 0) is 4.79 Å². The summed E-state index contributed by atoms with van der Waals surface area (Å²) >= 11 is 0. The molecule has 2 N–H and O–H groups in total. The highest BCUT2D eigenvalue weighted by Crippen LogP contribution is 2.16. The van der Waals surface area contributed by atoms with Crippen molar-refractivity contribution in [1.82, 2.24) is 5.32 Å². The fraction of sp³-hybridized carbons (Fsp3) is 0.533. The zero-order chi connectivity index (χ0) is 13.5. The molecule has 1 aromatic rings. The molecule has 0 aliphatic carbocycles. The van der Waals surface area contributed by atoms with Crippen LogP contribution >= 0.6 is 0 Å². The van der Waals surface area contributed by atoms with Crippen molar-refractivity contribution in [2.45, 2.75) is 33.6 Å². The summed E-state index contributed by atoms with van der Waals surface area (Å²) in [4.78, 5) is 11.6. The Hall–Kier alpha value is -1.35. The molecule has 100 valence electrons. The molecule has 0 atom stereocenters. The van der Waals surface area contributed by atoms with E-state index in [9.17, 15) is 4.79 Å². The van der Waals surface area contributed by atoms with Gasteiger partial charge in [-0.15, -0.1) is 0 Å². The number of hydrogen-bond donors (Lipinski definition) is 2. The summed E-state index contributed by atoms with van der Waals surface area (Å²) in [5.41, 5.74) is 2.14. The van der Waals surface area contributed by atoms with Crippen LogP contribution in [0.15, 0.2) is 24.3 Å². The second kappa shape index (κ2) is 7.17. The lowest BCUT2D eigenvalue weighted by Gasteiger charge is -2.10. The number of carbonyl (C=O) groups is 1. The molecule has 1 aromatic carbocycles. The highest BCUT2D eigenvalue weighted by Gasteiger charge is 2.03. The van der Waals surface area contributed by atoms with Gasteiger partial charge in [-0.3, -0.25) is 4.79 Å². The van der Waals surface area contributed by atoms with Gasteiger partial charge in [-0.1, -0.05) is 39.8 Å². The molecule has 1 amide bonds. The number of nitrogens with one attached hydrogen (secondary N) is 2. The van der Waals surface area contributed by atoms with Crippen LogP contribution in [0.1, 0.15) is 39.2 Å². The zero-order valence-corrected chi connectivity index (χ0v) is 11.8. The molecule has 0 unspecified atom stereocenters. The third-order valence-electron chi connectivity index (χ3n) is 2.70. The molecular weight excluding hydrogens is 224 g/mol. The second-order valence-electron chi connectivity index (χ2n) is 5.35. The first-order valence-electron chi connectivity index (χ1n) is 6.59. The van der Waals surface area contributed by atoms with Gasteiger partial charge in [0.2, 0.25) is 5.91 Å². The van der Waals surface area contributed by atoms with Gasteiger partial charge in [0.15, 0.2) is 0 Å². The molecule has 0 aliphatic rings. The maximum absolute atomic E-state index is 11.6. The summed E-state index contributed by atoms with van der Waals surface area (Å²) in [6.45, 7) is 9.78. The highest BCUT2D eigenvalue weighted by atomic mass is 16.1.